The van der Waals surface area contributed by atoms with Gasteiger partial charge in [-0.2, -0.15) is 0 Å². The van der Waals surface area contributed by atoms with Crippen LogP contribution in [0.15, 0.2) is 18.2 Å². The van der Waals surface area contributed by atoms with Crippen molar-refractivity contribution in [2.45, 2.75) is 18.9 Å². The molecule has 2 rings (SSSR count). The highest BCUT2D eigenvalue weighted by Crippen LogP contribution is 2.32. The molecule has 1 aromatic carbocycles. The smallest absolute Gasteiger partial charge is 0.319 e. The highest BCUT2D eigenvalue weighted by atomic mass is 35.5. The van der Waals surface area contributed by atoms with Gasteiger partial charge in [0.15, 0.2) is 5.75 Å². The van der Waals surface area contributed by atoms with Crippen LogP contribution in [0.4, 0.5) is 10.5 Å². The Hall–Kier alpha value is -1.50. The summed E-state index contributed by atoms with van der Waals surface area (Å²) in [5.41, 5.74) is 0.522. The molecule has 7 heteroatoms. The van der Waals surface area contributed by atoms with Crippen molar-refractivity contribution in [2.75, 3.05) is 38.8 Å². The number of benzene rings is 1. The maximum atomic E-state index is 12.0. The van der Waals surface area contributed by atoms with Crippen molar-refractivity contribution in [1.82, 2.24) is 5.32 Å². The number of ether oxygens (including phenoxy) is 3. The minimum absolute atomic E-state index is 0.0996. The zero-order valence-electron chi connectivity index (χ0n) is 12.6. The molecule has 122 valence electrons. The number of carbonyl (C=O) groups is 1. The van der Waals surface area contributed by atoms with E-state index in [0.717, 1.165) is 19.4 Å². The van der Waals surface area contributed by atoms with E-state index >= 15 is 0 Å². The summed E-state index contributed by atoms with van der Waals surface area (Å²) in [4.78, 5) is 12.0. The van der Waals surface area contributed by atoms with Gasteiger partial charge in [-0.3, -0.25) is 0 Å². The number of methoxy groups -OCH3 is 1. The Morgan fingerprint density at radius 1 is 1.45 bits per heavy atom. The Morgan fingerprint density at radius 3 is 3.05 bits per heavy atom. The third kappa shape index (κ3) is 5.05. The van der Waals surface area contributed by atoms with E-state index in [4.69, 9.17) is 25.8 Å². The average Bonchev–Trinajstić information content (AvgIpc) is 3.01. The molecule has 0 spiro atoms. The van der Waals surface area contributed by atoms with E-state index in [0.29, 0.717) is 36.2 Å². The first-order valence-corrected chi connectivity index (χ1v) is 7.65. The van der Waals surface area contributed by atoms with E-state index in [2.05, 4.69) is 10.6 Å². The summed E-state index contributed by atoms with van der Waals surface area (Å²) in [6.45, 7) is 2.05. The number of amides is 2. The molecule has 1 heterocycles. The first-order valence-electron chi connectivity index (χ1n) is 7.27. The molecule has 0 aromatic heterocycles. The molecule has 1 saturated heterocycles. The first kappa shape index (κ1) is 16.9. The van der Waals surface area contributed by atoms with E-state index in [9.17, 15) is 4.79 Å². The number of hydrogen-bond acceptors (Lipinski definition) is 4. The van der Waals surface area contributed by atoms with Crippen molar-refractivity contribution in [2.24, 2.45) is 0 Å². The monoisotopic (exact) mass is 328 g/mol. The second-order valence-corrected chi connectivity index (χ2v) is 5.34. The molecular formula is C15H21ClN2O4. The lowest BCUT2D eigenvalue weighted by Crippen LogP contribution is -2.35. The number of halogens is 1. The molecule has 1 aliphatic rings. The zero-order chi connectivity index (χ0) is 15.8. The van der Waals surface area contributed by atoms with E-state index < -0.39 is 0 Å². The number of carbonyl (C=O) groups excluding carboxylic acids is 1. The summed E-state index contributed by atoms with van der Waals surface area (Å²) >= 11 is 6.11. The van der Waals surface area contributed by atoms with E-state index in [-0.39, 0.29) is 12.1 Å². The van der Waals surface area contributed by atoms with Gasteiger partial charge in [0.1, 0.15) is 6.61 Å². The summed E-state index contributed by atoms with van der Waals surface area (Å²) in [5, 5.41) is 5.97. The highest BCUT2D eigenvalue weighted by Gasteiger charge is 2.17. The van der Waals surface area contributed by atoms with Crippen molar-refractivity contribution in [3.63, 3.8) is 0 Å². The topological polar surface area (TPSA) is 68.8 Å². The van der Waals surface area contributed by atoms with Crippen LogP contribution in [0, 0.1) is 0 Å². The third-order valence-electron chi connectivity index (χ3n) is 3.26. The predicted octanol–water partition coefficient (Wildman–Crippen LogP) is 2.67. The Labute approximate surface area is 135 Å². The molecule has 2 N–H and O–H groups in total. The quantitative estimate of drug-likeness (QED) is 0.755. The van der Waals surface area contributed by atoms with Gasteiger partial charge < -0.3 is 24.8 Å². The molecule has 6 nitrogen and oxygen atoms in total. The van der Waals surface area contributed by atoms with Gasteiger partial charge in [-0.25, -0.2) is 4.79 Å². The summed E-state index contributed by atoms with van der Waals surface area (Å²) in [6, 6.07) is 4.88. The van der Waals surface area contributed by atoms with Crippen molar-refractivity contribution in [1.29, 1.82) is 0 Å². The molecule has 1 aliphatic heterocycles. The van der Waals surface area contributed by atoms with Gasteiger partial charge in [-0.1, -0.05) is 17.7 Å². The van der Waals surface area contributed by atoms with Crippen LogP contribution >= 0.6 is 11.6 Å². The van der Waals surface area contributed by atoms with Crippen molar-refractivity contribution < 1.29 is 19.0 Å². The van der Waals surface area contributed by atoms with E-state index in [1.54, 1.807) is 25.3 Å². The van der Waals surface area contributed by atoms with Gasteiger partial charge >= 0.3 is 6.03 Å². The molecule has 0 radical (unpaired) electrons. The third-order valence-corrected chi connectivity index (χ3v) is 3.56. The molecule has 0 unspecified atom stereocenters. The van der Waals surface area contributed by atoms with Gasteiger partial charge in [-0.05, 0) is 25.0 Å². The number of rotatable bonds is 7. The van der Waals surface area contributed by atoms with Crippen molar-refractivity contribution in [3.05, 3.63) is 23.2 Å². The first-order chi connectivity index (χ1) is 10.7. The molecule has 1 atom stereocenters. The minimum Gasteiger partial charge on any atom is -0.487 e. The molecule has 0 aliphatic carbocycles. The number of para-hydroxylation sites is 1. The average molecular weight is 329 g/mol. The number of urea groups is 1. The molecule has 22 heavy (non-hydrogen) atoms. The summed E-state index contributed by atoms with van der Waals surface area (Å²) in [6.07, 6.45) is 2.12. The van der Waals surface area contributed by atoms with Gasteiger partial charge in [0.05, 0.1) is 23.4 Å². The van der Waals surface area contributed by atoms with E-state index in [1.807, 2.05) is 0 Å². The predicted molar refractivity (Wildman–Crippen MR) is 84.8 cm³/mol. The van der Waals surface area contributed by atoms with Crippen LogP contribution in [0.5, 0.6) is 5.75 Å². The standard InChI is InChI=1S/C15H21ClN2O4/c1-20-8-9-22-14-12(16)5-2-6-13(14)18-15(19)17-10-11-4-3-7-21-11/h2,5-6,11H,3-4,7-10H2,1H3,(H2,17,18,19)/t11-/m1/s1. The van der Waals surface area contributed by atoms with Crippen LogP contribution in [0.25, 0.3) is 0 Å². The Morgan fingerprint density at radius 2 is 2.32 bits per heavy atom. The van der Waals surface area contributed by atoms with Crippen molar-refractivity contribution in [3.8, 4) is 5.75 Å². The van der Waals surface area contributed by atoms with Crippen LogP contribution in [-0.4, -0.2) is 45.6 Å². The zero-order valence-corrected chi connectivity index (χ0v) is 13.3. The number of anilines is 1. The fraction of sp³-hybridized carbons (Fsp3) is 0.533. The van der Waals surface area contributed by atoms with Gasteiger partial charge in [0, 0.05) is 20.3 Å². The lowest BCUT2D eigenvalue weighted by Gasteiger charge is -2.15. The maximum Gasteiger partial charge on any atom is 0.319 e. The molecule has 1 fully saturated rings. The Bertz CT molecular complexity index is 492. The van der Waals surface area contributed by atoms with Crippen molar-refractivity contribution >= 4 is 23.3 Å². The lowest BCUT2D eigenvalue weighted by atomic mass is 10.2. The fourth-order valence-electron chi connectivity index (χ4n) is 2.16. The van der Waals surface area contributed by atoms with Crippen LogP contribution in [-0.2, 0) is 9.47 Å². The summed E-state index contributed by atoms with van der Waals surface area (Å²) in [7, 11) is 1.59. The second-order valence-electron chi connectivity index (χ2n) is 4.93. The molecule has 2 amide bonds. The van der Waals surface area contributed by atoms with E-state index in [1.165, 1.54) is 0 Å². The molecule has 0 bridgehead atoms. The summed E-state index contributed by atoms with van der Waals surface area (Å²) < 4.78 is 16.0. The SMILES string of the molecule is COCCOc1c(Cl)cccc1NC(=O)NC[C@H]1CCCO1. The fourth-order valence-corrected chi connectivity index (χ4v) is 2.39. The highest BCUT2D eigenvalue weighted by molar-refractivity contribution is 6.32. The van der Waals surface area contributed by atoms with Crippen LogP contribution in [0.1, 0.15) is 12.8 Å². The number of hydrogen-bond donors (Lipinski definition) is 2. The Kier molecular flexibility index (Phi) is 6.76. The minimum atomic E-state index is -0.311. The number of nitrogens with one attached hydrogen (secondary N) is 2. The Balaban J connectivity index is 1.89. The lowest BCUT2D eigenvalue weighted by molar-refractivity contribution is 0.112. The van der Waals surface area contributed by atoms with Gasteiger partial charge in [0.25, 0.3) is 0 Å². The summed E-state index contributed by atoms with van der Waals surface area (Å²) in [5.74, 6) is 0.438. The second kappa shape index (κ2) is 8.82. The van der Waals surface area contributed by atoms with Gasteiger partial charge in [-0.15, -0.1) is 0 Å². The van der Waals surface area contributed by atoms with Crippen LogP contribution in [0.3, 0.4) is 0 Å². The largest absolute Gasteiger partial charge is 0.487 e. The molecular weight excluding hydrogens is 308 g/mol. The van der Waals surface area contributed by atoms with Crippen LogP contribution in [0.2, 0.25) is 5.02 Å². The molecule has 0 saturated carbocycles. The molecule has 1 aromatic rings. The van der Waals surface area contributed by atoms with Gasteiger partial charge in [0.2, 0.25) is 0 Å². The maximum absolute atomic E-state index is 12.0. The normalized spacial score (nSPS) is 17.3. The van der Waals surface area contributed by atoms with Crippen LogP contribution < -0.4 is 15.4 Å².